The lowest BCUT2D eigenvalue weighted by Gasteiger charge is -2.12. The Hall–Kier alpha value is -1.56. The van der Waals surface area contributed by atoms with E-state index in [1.165, 1.54) is 24.3 Å². The quantitative estimate of drug-likeness (QED) is 0.644. The van der Waals surface area contributed by atoms with E-state index >= 15 is 0 Å². The summed E-state index contributed by atoms with van der Waals surface area (Å²) in [5.41, 5.74) is 1.22. The van der Waals surface area contributed by atoms with E-state index in [4.69, 9.17) is 33.0 Å². The van der Waals surface area contributed by atoms with Crippen molar-refractivity contribution in [2.45, 2.75) is 6.61 Å². The van der Waals surface area contributed by atoms with Gasteiger partial charge in [-0.05, 0) is 51.8 Å². The standard InChI is InChI=1S/C16H10BrCl2FO3/c17-12-5-9(1-4-15(21)22)6-14(19)16(12)23-8-10-2-3-11(20)7-13(10)18/h1-7H,8H2,(H,21,22)/b4-1+. The summed E-state index contributed by atoms with van der Waals surface area (Å²) in [6.45, 7) is 0.113. The van der Waals surface area contributed by atoms with Crippen molar-refractivity contribution in [3.05, 3.63) is 67.9 Å². The summed E-state index contributed by atoms with van der Waals surface area (Å²) in [7, 11) is 0. The van der Waals surface area contributed by atoms with Gasteiger partial charge in [-0.3, -0.25) is 0 Å². The zero-order valence-corrected chi connectivity index (χ0v) is 14.6. The molecule has 0 aliphatic carbocycles. The maximum atomic E-state index is 13.0. The lowest BCUT2D eigenvalue weighted by atomic mass is 10.2. The zero-order chi connectivity index (χ0) is 17.0. The van der Waals surface area contributed by atoms with Crippen LogP contribution in [0.15, 0.2) is 40.9 Å². The van der Waals surface area contributed by atoms with Crippen LogP contribution in [0.25, 0.3) is 6.08 Å². The molecule has 0 aliphatic rings. The van der Waals surface area contributed by atoms with Gasteiger partial charge in [-0.25, -0.2) is 9.18 Å². The molecule has 0 saturated heterocycles. The number of halogens is 4. The predicted molar refractivity (Wildman–Crippen MR) is 91.6 cm³/mol. The van der Waals surface area contributed by atoms with Crippen molar-refractivity contribution < 1.29 is 19.0 Å². The van der Waals surface area contributed by atoms with Crippen LogP contribution in [0.2, 0.25) is 10.0 Å². The van der Waals surface area contributed by atoms with Crippen LogP contribution in [0.1, 0.15) is 11.1 Å². The Bertz CT molecular complexity index is 755. The number of aliphatic carboxylic acids is 1. The molecule has 2 aromatic rings. The van der Waals surface area contributed by atoms with Gasteiger partial charge in [0.15, 0.2) is 5.75 Å². The minimum Gasteiger partial charge on any atom is -0.486 e. The zero-order valence-electron chi connectivity index (χ0n) is 11.5. The Balaban J connectivity index is 2.18. The van der Waals surface area contributed by atoms with Gasteiger partial charge in [0.2, 0.25) is 0 Å². The fourth-order valence-corrected chi connectivity index (χ4v) is 2.98. The molecule has 1 N–H and O–H groups in total. The smallest absolute Gasteiger partial charge is 0.328 e. The Kier molecular flexibility index (Phi) is 6.04. The highest BCUT2D eigenvalue weighted by molar-refractivity contribution is 9.10. The molecule has 0 fully saturated rings. The second-order valence-corrected chi connectivity index (χ2v) is 6.18. The van der Waals surface area contributed by atoms with Gasteiger partial charge in [0.1, 0.15) is 12.4 Å². The number of ether oxygens (including phenoxy) is 1. The van der Waals surface area contributed by atoms with Crippen LogP contribution < -0.4 is 4.74 Å². The fourth-order valence-electron chi connectivity index (χ4n) is 1.77. The van der Waals surface area contributed by atoms with Crippen LogP contribution in [0.4, 0.5) is 4.39 Å². The second-order valence-electron chi connectivity index (χ2n) is 4.51. The Morgan fingerprint density at radius 2 is 2.00 bits per heavy atom. The summed E-state index contributed by atoms with van der Waals surface area (Å²) in [4.78, 5) is 10.5. The van der Waals surface area contributed by atoms with Crippen molar-refractivity contribution in [1.82, 2.24) is 0 Å². The molecule has 0 aromatic heterocycles. The Morgan fingerprint density at radius 1 is 1.26 bits per heavy atom. The minimum absolute atomic E-state index is 0.113. The van der Waals surface area contributed by atoms with Gasteiger partial charge in [0.25, 0.3) is 0 Å². The van der Waals surface area contributed by atoms with E-state index in [9.17, 15) is 9.18 Å². The van der Waals surface area contributed by atoms with Crippen LogP contribution in [0.3, 0.4) is 0 Å². The summed E-state index contributed by atoms with van der Waals surface area (Å²) in [5.74, 6) is -1.09. The largest absolute Gasteiger partial charge is 0.486 e. The van der Waals surface area contributed by atoms with Crippen molar-refractivity contribution in [2.75, 3.05) is 0 Å². The SMILES string of the molecule is O=C(O)/C=C/c1cc(Cl)c(OCc2ccc(F)cc2Cl)c(Br)c1. The highest BCUT2D eigenvalue weighted by atomic mass is 79.9. The topological polar surface area (TPSA) is 46.5 Å². The van der Waals surface area contributed by atoms with Crippen LogP contribution in [-0.4, -0.2) is 11.1 Å². The molecule has 0 spiro atoms. The Morgan fingerprint density at radius 3 is 2.61 bits per heavy atom. The van der Waals surface area contributed by atoms with E-state index < -0.39 is 11.8 Å². The number of carbonyl (C=O) groups is 1. The van der Waals surface area contributed by atoms with Crippen LogP contribution in [0.5, 0.6) is 5.75 Å². The van der Waals surface area contributed by atoms with Crippen LogP contribution >= 0.6 is 39.1 Å². The monoisotopic (exact) mass is 418 g/mol. The minimum atomic E-state index is -1.05. The van der Waals surface area contributed by atoms with Crippen molar-refractivity contribution in [3.8, 4) is 5.75 Å². The molecule has 0 radical (unpaired) electrons. The lowest BCUT2D eigenvalue weighted by Crippen LogP contribution is -1.98. The normalized spacial score (nSPS) is 11.0. The molecule has 0 heterocycles. The molecule has 0 atom stereocenters. The molecule has 0 aliphatic heterocycles. The molecular weight excluding hydrogens is 410 g/mol. The molecule has 3 nitrogen and oxygen atoms in total. The maximum Gasteiger partial charge on any atom is 0.328 e. The number of hydrogen-bond acceptors (Lipinski definition) is 2. The van der Waals surface area contributed by atoms with E-state index in [-0.39, 0.29) is 11.6 Å². The third-order valence-corrected chi connectivity index (χ3v) is 4.05. The summed E-state index contributed by atoms with van der Waals surface area (Å²) in [5, 5.41) is 9.20. The lowest BCUT2D eigenvalue weighted by molar-refractivity contribution is -0.131. The molecule has 7 heteroatoms. The van der Waals surface area contributed by atoms with Crippen LogP contribution in [0, 0.1) is 5.82 Å². The molecule has 0 unspecified atom stereocenters. The van der Waals surface area contributed by atoms with E-state index in [1.807, 2.05) is 0 Å². The van der Waals surface area contributed by atoms with Gasteiger partial charge in [-0.2, -0.15) is 0 Å². The van der Waals surface area contributed by atoms with Crippen molar-refractivity contribution >= 4 is 51.2 Å². The molecule has 0 bridgehead atoms. The fraction of sp³-hybridized carbons (Fsp3) is 0.0625. The summed E-state index contributed by atoms with van der Waals surface area (Å²) >= 11 is 15.4. The number of hydrogen-bond donors (Lipinski definition) is 1. The van der Waals surface area contributed by atoms with Crippen molar-refractivity contribution in [1.29, 1.82) is 0 Å². The van der Waals surface area contributed by atoms with E-state index in [1.54, 1.807) is 12.1 Å². The average molecular weight is 420 g/mol. The average Bonchev–Trinajstić information content (AvgIpc) is 2.46. The van der Waals surface area contributed by atoms with E-state index in [0.717, 1.165) is 6.08 Å². The summed E-state index contributed by atoms with van der Waals surface area (Å²) in [6.07, 6.45) is 2.43. The first-order chi connectivity index (χ1) is 10.9. The van der Waals surface area contributed by atoms with Crippen molar-refractivity contribution in [2.24, 2.45) is 0 Å². The molecule has 120 valence electrons. The molecule has 23 heavy (non-hydrogen) atoms. The van der Waals surface area contributed by atoms with Gasteiger partial charge in [0.05, 0.1) is 14.5 Å². The Labute approximate surface area is 150 Å². The van der Waals surface area contributed by atoms with E-state index in [2.05, 4.69) is 15.9 Å². The molecule has 2 rings (SSSR count). The molecule has 0 saturated carbocycles. The first-order valence-electron chi connectivity index (χ1n) is 6.33. The highest BCUT2D eigenvalue weighted by Gasteiger charge is 2.10. The van der Waals surface area contributed by atoms with Crippen molar-refractivity contribution in [3.63, 3.8) is 0 Å². The number of benzene rings is 2. The van der Waals surface area contributed by atoms with Gasteiger partial charge in [-0.1, -0.05) is 29.3 Å². The molecule has 0 amide bonds. The summed E-state index contributed by atoms with van der Waals surface area (Å²) in [6, 6.07) is 7.28. The predicted octanol–water partition coefficient (Wildman–Crippen LogP) is 5.57. The summed E-state index contributed by atoms with van der Waals surface area (Å²) < 4.78 is 19.2. The number of rotatable bonds is 5. The van der Waals surface area contributed by atoms with E-state index in [0.29, 0.717) is 26.4 Å². The molecular formula is C16H10BrCl2FO3. The first-order valence-corrected chi connectivity index (χ1v) is 7.88. The van der Waals surface area contributed by atoms with Gasteiger partial charge < -0.3 is 9.84 Å². The highest BCUT2D eigenvalue weighted by Crippen LogP contribution is 2.35. The third-order valence-electron chi connectivity index (χ3n) is 2.83. The maximum absolute atomic E-state index is 13.0. The number of carboxylic acids is 1. The third kappa shape index (κ3) is 4.96. The second kappa shape index (κ2) is 7.81. The van der Waals surface area contributed by atoms with Crippen LogP contribution in [-0.2, 0) is 11.4 Å². The first kappa shape index (κ1) is 17.8. The number of carboxylic acid groups (broad SMARTS) is 1. The van der Waals surface area contributed by atoms with Gasteiger partial charge >= 0.3 is 5.97 Å². The molecule has 2 aromatic carbocycles. The van der Waals surface area contributed by atoms with Gasteiger partial charge in [0, 0.05) is 11.6 Å². The van der Waals surface area contributed by atoms with Gasteiger partial charge in [-0.15, -0.1) is 0 Å².